The normalized spacial score (nSPS) is 24.0. The molecule has 0 N–H and O–H groups in total. The molecular weight excluding hydrogens is 610 g/mol. The van der Waals surface area contributed by atoms with Gasteiger partial charge >= 0.3 is 0 Å². The van der Waals surface area contributed by atoms with Crippen LogP contribution in [0.1, 0.15) is 114 Å². The molecule has 3 aromatic rings. The third-order valence-corrected chi connectivity index (χ3v) is 10.3. The summed E-state index contributed by atoms with van der Waals surface area (Å²) in [7, 11) is 0. The highest BCUT2D eigenvalue weighted by molar-refractivity contribution is 7.13. The lowest BCUT2D eigenvalue weighted by Gasteiger charge is -2.51. The van der Waals surface area contributed by atoms with Gasteiger partial charge < -0.3 is 28.4 Å². The van der Waals surface area contributed by atoms with Crippen LogP contribution in [0.25, 0.3) is 10.1 Å². The monoisotopic (exact) mass is 667 g/mol. The molecule has 1 fully saturated rings. The molecule has 0 saturated carbocycles. The highest BCUT2D eigenvalue weighted by Gasteiger charge is 2.61. The Morgan fingerprint density at radius 3 is 2.11 bits per heavy atom. The van der Waals surface area contributed by atoms with Crippen LogP contribution in [0.15, 0.2) is 36.4 Å². The minimum Gasteiger partial charge on any atom is -0.379 e. The van der Waals surface area contributed by atoms with Crippen molar-refractivity contribution in [2.75, 3.05) is 33.0 Å². The maximum Gasteiger partial charge on any atom is 0.225 e. The smallest absolute Gasteiger partial charge is 0.225 e. The van der Waals surface area contributed by atoms with Crippen molar-refractivity contribution in [3.8, 4) is 0 Å². The van der Waals surface area contributed by atoms with Crippen molar-refractivity contribution in [1.29, 1.82) is 0 Å². The van der Waals surface area contributed by atoms with E-state index in [-0.39, 0.29) is 18.3 Å². The van der Waals surface area contributed by atoms with E-state index >= 15 is 0 Å². The topological polar surface area (TPSA) is 68.3 Å². The number of aromatic nitrogens is 1. The average Bonchev–Trinajstić information content (AvgIpc) is 3.65. The Morgan fingerprint density at radius 1 is 0.787 bits per heavy atom. The molecule has 1 spiro atoms. The van der Waals surface area contributed by atoms with Crippen molar-refractivity contribution in [3.05, 3.63) is 64.3 Å². The van der Waals surface area contributed by atoms with Gasteiger partial charge in [0.1, 0.15) is 24.4 Å². The number of aryl methyl sites for hydroxylation is 1. The fraction of sp³-hybridized carbons (Fsp3) is 0.667. The van der Waals surface area contributed by atoms with Crippen molar-refractivity contribution in [2.24, 2.45) is 0 Å². The van der Waals surface area contributed by atoms with E-state index < -0.39 is 11.9 Å². The molecule has 260 valence electrons. The molecule has 2 aliphatic rings. The van der Waals surface area contributed by atoms with Crippen molar-refractivity contribution >= 4 is 21.6 Å². The second kappa shape index (κ2) is 18.2. The van der Waals surface area contributed by atoms with E-state index in [2.05, 4.69) is 71.0 Å². The predicted molar refractivity (Wildman–Crippen MR) is 189 cm³/mol. The molecule has 1 saturated heterocycles. The summed E-state index contributed by atoms with van der Waals surface area (Å²) >= 11 is 1.56. The maximum absolute atomic E-state index is 7.18. The Labute approximate surface area is 286 Å². The summed E-state index contributed by atoms with van der Waals surface area (Å²) in [6.07, 6.45) is 8.33. The standard InChI is InChI=1S/C39H57NO6S/c1-6-11-19-41-27-34-36(42-20-12-7-2)37(43-21-13-8-3)38(44-22-14-9-4)39(46-34)32-25-31-33(23-29-17-15-28(10-5)16-18-29)40-47-35(31)24-30(32)26-45-39/h15-18,24-25,34,36-38H,6-14,19-23,26-27H2,1-5H3/t34-,36-,37+,38-,39+/m1/s1. The SMILES string of the molecule is CCCCOC[C@H]1O[C@]2(OCc3cc4snc(Cc5ccc(CC)cc5)c4cc32)[C@H](OCCCC)[C@@H](OCCCC)[C@@H]1OCCCC. The quantitative estimate of drug-likeness (QED) is 0.112. The van der Waals surface area contributed by atoms with Crippen LogP contribution in [-0.4, -0.2) is 61.8 Å². The summed E-state index contributed by atoms with van der Waals surface area (Å²) in [6.45, 7) is 14.3. The lowest BCUT2D eigenvalue weighted by molar-refractivity contribution is -0.384. The largest absolute Gasteiger partial charge is 0.379 e. The number of ether oxygens (including phenoxy) is 6. The first-order valence-corrected chi connectivity index (χ1v) is 19.1. The first kappa shape index (κ1) is 36.4. The van der Waals surface area contributed by atoms with Gasteiger partial charge in [-0.15, -0.1) is 0 Å². The molecule has 47 heavy (non-hydrogen) atoms. The molecule has 8 heteroatoms. The van der Waals surface area contributed by atoms with Crippen LogP contribution in [0.5, 0.6) is 0 Å². The second-order valence-corrected chi connectivity index (χ2v) is 13.9. The summed E-state index contributed by atoms with van der Waals surface area (Å²) in [5.74, 6) is -1.14. The number of hydrogen-bond donors (Lipinski definition) is 0. The number of hydrogen-bond acceptors (Lipinski definition) is 8. The molecule has 5 atom stereocenters. The molecule has 2 aliphatic heterocycles. The minimum atomic E-state index is -1.14. The van der Waals surface area contributed by atoms with E-state index in [1.54, 1.807) is 11.5 Å². The van der Waals surface area contributed by atoms with Gasteiger partial charge in [0, 0.05) is 43.8 Å². The van der Waals surface area contributed by atoms with Gasteiger partial charge in [0.05, 0.1) is 23.6 Å². The van der Waals surface area contributed by atoms with Crippen molar-refractivity contribution < 1.29 is 28.4 Å². The molecule has 0 amide bonds. The number of rotatable bonds is 20. The van der Waals surface area contributed by atoms with E-state index in [0.717, 1.165) is 86.4 Å². The van der Waals surface area contributed by atoms with Gasteiger partial charge in [-0.2, -0.15) is 4.37 Å². The second-order valence-electron chi connectivity index (χ2n) is 13.0. The Balaban J connectivity index is 1.55. The molecule has 0 aliphatic carbocycles. The van der Waals surface area contributed by atoms with Gasteiger partial charge in [-0.05, 0) is 72.5 Å². The van der Waals surface area contributed by atoms with Crippen LogP contribution in [-0.2, 0) is 53.7 Å². The van der Waals surface area contributed by atoms with Crippen LogP contribution in [0, 0.1) is 0 Å². The zero-order chi connectivity index (χ0) is 33.1. The molecule has 3 heterocycles. The maximum atomic E-state index is 7.18. The fourth-order valence-corrected chi connectivity index (χ4v) is 7.38. The number of unbranched alkanes of at least 4 members (excludes halogenated alkanes) is 4. The summed E-state index contributed by atoms with van der Waals surface area (Å²) < 4.78 is 46.6. The summed E-state index contributed by atoms with van der Waals surface area (Å²) in [5, 5.41) is 1.15. The van der Waals surface area contributed by atoms with Gasteiger partial charge in [-0.25, -0.2) is 0 Å². The molecule has 5 rings (SSSR count). The highest BCUT2D eigenvalue weighted by Crippen LogP contribution is 2.50. The first-order valence-electron chi connectivity index (χ1n) is 18.3. The minimum absolute atomic E-state index is 0.335. The third-order valence-electron chi connectivity index (χ3n) is 9.42. The van der Waals surface area contributed by atoms with Crippen LogP contribution in [0.3, 0.4) is 0 Å². The van der Waals surface area contributed by atoms with Crippen LogP contribution >= 0.6 is 11.5 Å². The molecule has 1 aromatic heterocycles. The Hall–Kier alpha value is -1.91. The summed E-state index contributed by atoms with van der Waals surface area (Å²) in [5.41, 5.74) is 5.82. The zero-order valence-electron chi connectivity index (χ0n) is 29.4. The number of nitrogens with zero attached hydrogens (tertiary/aromatic N) is 1. The molecule has 0 unspecified atom stereocenters. The first-order chi connectivity index (χ1) is 23.1. The molecule has 0 radical (unpaired) electrons. The number of benzene rings is 2. The van der Waals surface area contributed by atoms with Crippen LogP contribution in [0.4, 0.5) is 0 Å². The van der Waals surface area contributed by atoms with Gasteiger partial charge in [-0.3, -0.25) is 0 Å². The molecule has 0 bridgehead atoms. The van der Waals surface area contributed by atoms with Gasteiger partial charge in [0.2, 0.25) is 5.79 Å². The van der Waals surface area contributed by atoms with E-state index in [1.165, 1.54) is 15.8 Å². The number of fused-ring (bicyclic) bond motifs is 3. The third kappa shape index (κ3) is 8.64. The summed E-state index contributed by atoms with van der Waals surface area (Å²) in [6, 6.07) is 13.4. The fourth-order valence-electron chi connectivity index (χ4n) is 6.53. The van der Waals surface area contributed by atoms with E-state index in [0.29, 0.717) is 39.6 Å². The van der Waals surface area contributed by atoms with Crippen molar-refractivity contribution in [1.82, 2.24) is 4.37 Å². The van der Waals surface area contributed by atoms with Crippen LogP contribution in [0.2, 0.25) is 0 Å². The Kier molecular flexibility index (Phi) is 14.1. The van der Waals surface area contributed by atoms with Gasteiger partial charge in [0.25, 0.3) is 0 Å². The van der Waals surface area contributed by atoms with Crippen molar-refractivity contribution in [3.63, 3.8) is 0 Å². The predicted octanol–water partition coefficient (Wildman–Crippen LogP) is 8.90. The van der Waals surface area contributed by atoms with Crippen LogP contribution < -0.4 is 0 Å². The zero-order valence-corrected chi connectivity index (χ0v) is 30.2. The molecule has 2 aromatic carbocycles. The summed E-state index contributed by atoms with van der Waals surface area (Å²) in [4.78, 5) is 0. The lowest BCUT2D eigenvalue weighted by atomic mass is 9.86. The van der Waals surface area contributed by atoms with E-state index in [9.17, 15) is 0 Å². The van der Waals surface area contributed by atoms with Gasteiger partial charge in [-0.1, -0.05) is 84.6 Å². The highest BCUT2D eigenvalue weighted by atomic mass is 32.1. The van der Waals surface area contributed by atoms with E-state index in [1.807, 2.05) is 0 Å². The van der Waals surface area contributed by atoms with E-state index in [4.69, 9.17) is 32.8 Å². The van der Waals surface area contributed by atoms with Crippen molar-refractivity contribution in [2.45, 2.75) is 136 Å². The van der Waals surface area contributed by atoms with Gasteiger partial charge in [0.15, 0.2) is 0 Å². The lowest BCUT2D eigenvalue weighted by Crippen LogP contribution is -2.66. The molecule has 7 nitrogen and oxygen atoms in total. The molecular formula is C39H57NO6S. The Morgan fingerprint density at radius 2 is 1.43 bits per heavy atom. The Bertz CT molecular complexity index is 1360. The average molecular weight is 668 g/mol.